The minimum absolute atomic E-state index is 0.118. The van der Waals surface area contributed by atoms with Crippen molar-refractivity contribution in [2.45, 2.75) is 35.8 Å². The van der Waals surface area contributed by atoms with Crippen LogP contribution in [0.2, 0.25) is 0 Å². The molecule has 1 N–H and O–H groups in total. The largest absolute Gasteiger partial charge is 0.480 e. The summed E-state index contributed by atoms with van der Waals surface area (Å²) < 4.78 is 4.26. The Kier molecular flexibility index (Phi) is 3.43. The molecule has 0 saturated carbocycles. The third kappa shape index (κ3) is 2.54. The highest BCUT2D eigenvalue weighted by Crippen LogP contribution is 2.39. The molecule has 0 aliphatic carbocycles. The maximum Gasteiger partial charge on any atom is 0.324 e. The van der Waals surface area contributed by atoms with Crippen LogP contribution in [0.25, 0.3) is 0 Å². The molecule has 0 bridgehead atoms. The second-order valence-corrected chi connectivity index (χ2v) is 7.13. The van der Waals surface area contributed by atoms with Gasteiger partial charge in [-0.25, -0.2) is 0 Å². The molecular weight excluding hydrogens is 248 g/mol. The predicted octanol–water partition coefficient (Wildman–Crippen LogP) is 2.93. The molecule has 1 saturated heterocycles. The van der Waals surface area contributed by atoms with Crippen LogP contribution in [-0.4, -0.2) is 29.0 Å². The molecular formula is C14H18O3S. The Bertz CT molecular complexity index is 441. The molecule has 0 atom stereocenters. The molecule has 1 aliphatic rings. The number of hydrogen-bond donors (Lipinski definition) is 1. The Morgan fingerprint density at radius 1 is 1.28 bits per heavy atom. The van der Waals surface area contributed by atoms with Crippen LogP contribution in [-0.2, 0) is 14.9 Å². The first-order valence-corrected chi connectivity index (χ1v) is 6.76. The number of ether oxygens (including phenoxy) is 1. The van der Waals surface area contributed by atoms with Crippen LogP contribution in [0.1, 0.15) is 26.3 Å². The van der Waals surface area contributed by atoms with Gasteiger partial charge in [-0.15, -0.1) is 11.8 Å². The van der Waals surface area contributed by atoms with Crippen LogP contribution in [0.4, 0.5) is 0 Å². The monoisotopic (exact) mass is 266 g/mol. The fourth-order valence-electron chi connectivity index (χ4n) is 1.76. The number of aliphatic carboxylic acids is 1. The van der Waals surface area contributed by atoms with Crippen molar-refractivity contribution in [1.29, 1.82) is 0 Å². The van der Waals surface area contributed by atoms with Crippen LogP contribution in [0, 0.1) is 0 Å². The number of thioether (sulfide) groups is 1. The van der Waals surface area contributed by atoms with Crippen molar-refractivity contribution in [2.75, 3.05) is 13.2 Å². The first-order valence-electron chi connectivity index (χ1n) is 5.94. The molecule has 0 spiro atoms. The number of hydrogen-bond acceptors (Lipinski definition) is 3. The summed E-state index contributed by atoms with van der Waals surface area (Å²) in [6.45, 7) is 7.05. The van der Waals surface area contributed by atoms with E-state index in [4.69, 9.17) is 4.74 Å². The van der Waals surface area contributed by atoms with Gasteiger partial charge in [0.05, 0.1) is 13.2 Å². The van der Waals surface area contributed by atoms with E-state index in [9.17, 15) is 9.90 Å². The Morgan fingerprint density at radius 2 is 1.83 bits per heavy atom. The zero-order chi connectivity index (χ0) is 13.4. The normalized spacial score (nSPS) is 18.2. The molecule has 0 amide bonds. The average molecular weight is 266 g/mol. The highest BCUT2D eigenvalue weighted by molar-refractivity contribution is 8.01. The van der Waals surface area contributed by atoms with E-state index >= 15 is 0 Å². The molecule has 0 unspecified atom stereocenters. The number of carboxylic acid groups (broad SMARTS) is 1. The minimum atomic E-state index is -0.793. The molecule has 3 nitrogen and oxygen atoms in total. The van der Waals surface area contributed by atoms with Crippen LogP contribution in [0.15, 0.2) is 29.2 Å². The quantitative estimate of drug-likeness (QED) is 0.913. The summed E-state index contributed by atoms with van der Waals surface area (Å²) in [6.07, 6.45) is 0. The van der Waals surface area contributed by atoms with E-state index in [-0.39, 0.29) is 18.6 Å². The molecule has 1 heterocycles. The fraction of sp³-hybridized carbons (Fsp3) is 0.500. The topological polar surface area (TPSA) is 46.5 Å². The zero-order valence-corrected chi connectivity index (χ0v) is 11.7. The summed E-state index contributed by atoms with van der Waals surface area (Å²) in [6, 6.07) is 8.12. The highest BCUT2D eigenvalue weighted by atomic mass is 32.2. The Hall–Kier alpha value is -1.00. The van der Waals surface area contributed by atoms with Gasteiger partial charge in [0, 0.05) is 4.90 Å². The molecule has 1 aliphatic heterocycles. The Labute approximate surface area is 112 Å². The summed E-state index contributed by atoms with van der Waals surface area (Å²) in [5.41, 5.74) is 1.37. The van der Waals surface area contributed by atoms with Gasteiger partial charge in [0.2, 0.25) is 0 Å². The molecule has 98 valence electrons. The Balaban J connectivity index is 2.14. The second-order valence-electron chi connectivity index (χ2n) is 5.67. The van der Waals surface area contributed by atoms with Crippen molar-refractivity contribution in [3.05, 3.63) is 29.8 Å². The molecule has 4 heteroatoms. The van der Waals surface area contributed by atoms with E-state index in [0.29, 0.717) is 0 Å². The minimum Gasteiger partial charge on any atom is -0.480 e. The summed E-state index contributed by atoms with van der Waals surface area (Å²) in [4.78, 5) is 12.2. The number of benzene rings is 1. The SMILES string of the molecule is CC(C)(C)c1ccc(SC2(C(=O)O)COC2)cc1. The van der Waals surface area contributed by atoms with E-state index in [0.717, 1.165) is 4.90 Å². The lowest BCUT2D eigenvalue weighted by molar-refractivity contribution is -0.151. The lowest BCUT2D eigenvalue weighted by Crippen LogP contribution is -2.53. The Morgan fingerprint density at radius 3 is 2.17 bits per heavy atom. The summed E-state index contributed by atoms with van der Waals surface area (Å²) in [7, 11) is 0. The molecule has 0 radical (unpaired) electrons. The molecule has 18 heavy (non-hydrogen) atoms. The summed E-state index contributed by atoms with van der Waals surface area (Å²) >= 11 is 1.38. The van der Waals surface area contributed by atoms with Crippen molar-refractivity contribution >= 4 is 17.7 Å². The first-order chi connectivity index (χ1) is 8.33. The van der Waals surface area contributed by atoms with Gasteiger partial charge < -0.3 is 9.84 Å². The van der Waals surface area contributed by atoms with Gasteiger partial charge in [-0.3, -0.25) is 4.79 Å². The van der Waals surface area contributed by atoms with Gasteiger partial charge in [-0.05, 0) is 23.1 Å². The van der Waals surface area contributed by atoms with Crippen molar-refractivity contribution in [1.82, 2.24) is 0 Å². The van der Waals surface area contributed by atoms with E-state index < -0.39 is 10.7 Å². The van der Waals surface area contributed by atoms with Crippen molar-refractivity contribution in [3.63, 3.8) is 0 Å². The number of rotatable bonds is 3. The van der Waals surface area contributed by atoms with Gasteiger partial charge in [0.15, 0.2) is 4.75 Å². The molecule has 1 fully saturated rings. The van der Waals surface area contributed by atoms with Crippen LogP contribution in [0.5, 0.6) is 0 Å². The standard InChI is InChI=1S/C14H18O3S/c1-13(2,3)10-4-6-11(7-5-10)18-14(12(15)16)8-17-9-14/h4-7H,8-9H2,1-3H3,(H,15,16). The lowest BCUT2D eigenvalue weighted by Gasteiger charge is -2.36. The molecule has 1 aromatic rings. The van der Waals surface area contributed by atoms with Crippen LogP contribution >= 0.6 is 11.8 Å². The maximum absolute atomic E-state index is 11.2. The molecule has 2 rings (SSSR count). The van der Waals surface area contributed by atoms with Gasteiger partial charge in [0.1, 0.15) is 0 Å². The first kappa shape index (κ1) is 13.4. The van der Waals surface area contributed by atoms with E-state index in [1.165, 1.54) is 17.3 Å². The van der Waals surface area contributed by atoms with E-state index in [2.05, 4.69) is 32.9 Å². The summed E-state index contributed by atoms with van der Waals surface area (Å²) in [5, 5.41) is 9.23. The van der Waals surface area contributed by atoms with Crippen LogP contribution < -0.4 is 0 Å². The second kappa shape index (κ2) is 4.59. The third-order valence-electron chi connectivity index (χ3n) is 3.09. The third-order valence-corrected chi connectivity index (χ3v) is 4.40. The molecule has 0 aromatic heterocycles. The van der Waals surface area contributed by atoms with Gasteiger partial charge in [0.25, 0.3) is 0 Å². The van der Waals surface area contributed by atoms with Gasteiger partial charge >= 0.3 is 5.97 Å². The van der Waals surface area contributed by atoms with Crippen molar-refractivity contribution in [3.8, 4) is 0 Å². The van der Waals surface area contributed by atoms with Crippen LogP contribution in [0.3, 0.4) is 0 Å². The highest BCUT2D eigenvalue weighted by Gasteiger charge is 2.47. The molecule has 1 aromatic carbocycles. The fourth-order valence-corrected chi connectivity index (χ4v) is 2.86. The van der Waals surface area contributed by atoms with Gasteiger partial charge in [-0.1, -0.05) is 32.9 Å². The van der Waals surface area contributed by atoms with Crippen molar-refractivity contribution < 1.29 is 14.6 Å². The smallest absolute Gasteiger partial charge is 0.324 e. The zero-order valence-electron chi connectivity index (χ0n) is 10.9. The van der Waals surface area contributed by atoms with E-state index in [1.54, 1.807) is 0 Å². The van der Waals surface area contributed by atoms with Gasteiger partial charge in [-0.2, -0.15) is 0 Å². The number of carbonyl (C=O) groups is 1. The lowest BCUT2D eigenvalue weighted by atomic mass is 9.87. The summed E-state index contributed by atoms with van der Waals surface area (Å²) in [5.74, 6) is -0.793. The maximum atomic E-state index is 11.2. The van der Waals surface area contributed by atoms with E-state index in [1.807, 2.05) is 12.1 Å². The number of carboxylic acids is 1. The van der Waals surface area contributed by atoms with Crippen molar-refractivity contribution in [2.24, 2.45) is 0 Å². The predicted molar refractivity (Wildman–Crippen MR) is 72.2 cm³/mol. The average Bonchev–Trinajstić information content (AvgIpc) is 2.22.